The first-order chi connectivity index (χ1) is 8.53. The van der Waals surface area contributed by atoms with Gasteiger partial charge in [0, 0.05) is 18.7 Å². The summed E-state index contributed by atoms with van der Waals surface area (Å²) in [5.41, 5.74) is -0.0452. The highest BCUT2D eigenvalue weighted by Crippen LogP contribution is 2.35. The van der Waals surface area contributed by atoms with Crippen molar-refractivity contribution in [2.75, 3.05) is 13.2 Å². The fraction of sp³-hybridized carbons (Fsp3) is 0.571. The van der Waals surface area contributed by atoms with E-state index in [0.29, 0.717) is 18.2 Å². The van der Waals surface area contributed by atoms with Crippen molar-refractivity contribution in [3.63, 3.8) is 0 Å². The molecule has 2 atom stereocenters. The minimum absolute atomic E-state index is 0.333. The lowest BCUT2D eigenvalue weighted by molar-refractivity contribution is -0.0813. The standard InChI is InChI=1S/C14H19F2NO/c1-3-17-13-4-5-18-14(2,9-13)10-6-11(15)8-12(16)7-10/h6-8,13,17H,3-5,9H2,1-2H3. The SMILES string of the molecule is CCNC1CCOC(C)(c2cc(F)cc(F)c2)C1. The third kappa shape index (κ3) is 2.87. The van der Waals surface area contributed by atoms with Gasteiger partial charge in [0.15, 0.2) is 0 Å². The molecule has 2 nitrogen and oxygen atoms in total. The van der Waals surface area contributed by atoms with E-state index in [0.717, 1.165) is 25.5 Å². The Morgan fingerprint density at radius 2 is 2.00 bits per heavy atom. The lowest BCUT2D eigenvalue weighted by Gasteiger charge is -2.39. The maximum atomic E-state index is 13.3. The normalized spacial score (nSPS) is 28.3. The van der Waals surface area contributed by atoms with Crippen molar-refractivity contribution in [1.29, 1.82) is 0 Å². The molecule has 1 aromatic rings. The van der Waals surface area contributed by atoms with E-state index in [9.17, 15) is 8.78 Å². The van der Waals surface area contributed by atoms with Crippen LogP contribution in [0.2, 0.25) is 0 Å². The van der Waals surface area contributed by atoms with Crippen LogP contribution < -0.4 is 5.32 Å². The van der Waals surface area contributed by atoms with Crippen LogP contribution in [0.5, 0.6) is 0 Å². The quantitative estimate of drug-likeness (QED) is 0.896. The molecule has 0 spiro atoms. The summed E-state index contributed by atoms with van der Waals surface area (Å²) in [6.45, 7) is 5.43. The fourth-order valence-corrected chi connectivity index (χ4v) is 2.58. The van der Waals surface area contributed by atoms with Crippen molar-refractivity contribution in [3.8, 4) is 0 Å². The Kier molecular flexibility index (Phi) is 3.97. The zero-order chi connectivity index (χ0) is 13.2. The third-order valence-electron chi connectivity index (χ3n) is 3.49. The molecule has 1 heterocycles. The molecule has 18 heavy (non-hydrogen) atoms. The molecule has 1 aliphatic heterocycles. The van der Waals surface area contributed by atoms with Crippen LogP contribution in [0, 0.1) is 11.6 Å². The largest absolute Gasteiger partial charge is 0.370 e. The number of halogens is 2. The second-order valence-corrected chi connectivity index (χ2v) is 4.98. The zero-order valence-corrected chi connectivity index (χ0v) is 10.8. The van der Waals surface area contributed by atoms with E-state index < -0.39 is 17.2 Å². The van der Waals surface area contributed by atoms with Gasteiger partial charge in [-0.1, -0.05) is 6.92 Å². The van der Waals surface area contributed by atoms with Gasteiger partial charge in [-0.2, -0.15) is 0 Å². The molecule has 1 fully saturated rings. The highest BCUT2D eigenvalue weighted by Gasteiger charge is 2.35. The summed E-state index contributed by atoms with van der Waals surface area (Å²) in [5, 5.41) is 3.37. The van der Waals surface area contributed by atoms with Gasteiger partial charge < -0.3 is 10.1 Å². The summed E-state index contributed by atoms with van der Waals surface area (Å²) in [6.07, 6.45) is 1.66. The molecular formula is C14H19F2NO. The van der Waals surface area contributed by atoms with Crippen molar-refractivity contribution in [2.24, 2.45) is 0 Å². The minimum atomic E-state index is -0.617. The average molecular weight is 255 g/mol. The van der Waals surface area contributed by atoms with E-state index in [4.69, 9.17) is 4.74 Å². The molecule has 1 aromatic carbocycles. The molecule has 2 rings (SSSR count). The first-order valence-electron chi connectivity index (χ1n) is 6.37. The number of nitrogens with one attached hydrogen (secondary N) is 1. The second-order valence-electron chi connectivity index (χ2n) is 4.98. The van der Waals surface area contributed by atoms with Gasteiger partial charge >= 0.3 is 0 Å². The van der Waals surface area contributed by atoms with E-state index in [1.165, 1.54) is 12.1 Å². The molecule has 0 aromatic heterocycles. The fourth-order valence-electron chi connectivity index (χ4n) is 2.58. The molecule has 1 saturated heterocycles. The molecule has 2 unspecified atom stereocenters. The van der Waals surface area contributed by atoms with Crippen molar-refractivity contribution in [3.05, 3.63) is 35.4 Å². The molecular weight excluding hydrogens is 236 g/mol. The number of ether oxygens (including phenoxy) is 1. The van der Waals surface area contributed by atoms with Crippen LogP contribution in [-0.4, -0.2) is 19.2 Å². The highest BCUT2D eigenvalue weighted by atomic mass is 19.1. The van der Waals surface area contributed by atoms with E-state index in [1.54, 1.807) is 0 Å². The van der Waals surface area contributed by atoms with Gasteiger partial charge in [-0.25, -0.2) is 8.78 Å². The minimum Gasteiger partial charge on any atom is -0.370 e. The monoisotopic (exact) mass is 255 g/mol. The molecule has 0 radical (unpaired) electrons. The Morgan fingerprint density at radius 1 is 1.33 bits per heavy atom. The summed E-state index contributed by atoms with van der Waals surface area (Å²) in [5.74, 6) is -1.11. The summed E-state index contributed by atoms with van der Waals surface area (Å²) >= 11 is 0. The lowest BCUT2D eigenvalue weighted by atomic mass is 9.85. The number of rotatable bonds is 3. The van der Waals surface area contributed by atoms with Gasteiger partial charge in [-0.3, -0.25) is 0 Å². The van der Waals surface area contributed by atoms with Gasteiger partial charge in [-0.05, 0) is 44.0 Å². The van der Waals surface area contributed by atoms with E-state index in [-0.39, 0.29) is 0 Å². The first-order valence-corrected chi connectivity index (χ1v) is 6.37. The van der Waals surface area contributed by atoms with E-state index >= 15 is 0 Å². The van der Waals surface area contributed by atoms with Gasteiger partial charge in [0.2, 0.25) is 0 Å². The number of hydrogen-bond acceptors (Lipinski definition) is 2. The van der Waals surface area contributed by atoms with Gasteiger partial charge in [-0.15, -0.1) is 0 Å². The van der Waals surface area contributed by atoms with Gasteiger partial charge in [0.1, 0.15) is 11.6 Å². The summed E-state index contributed by atoms with van der Waals surface area (Å²) in [7, 11) is 0. The average Bonchev–Trinajstić information content (AvgIpc) is 2.28. The maximum Gasteiger partial charge on any atom is 0.126 e. The predicted octanol–water partition coefficient (Wildman–Crippen LogP) is 2.97. The molecule has 0 bridgehead atoms. The van der Waals surface area contributed by atoms with Gasteiger partial charge in [0.05, 0.1) is 5.60 Å². The lowest BCUT2D eigenvalue weighted by Crippen LogP contribution is -2.43. The van der Waals surface area contributed by atoms with E-state index in [2.05, 4.69) is 12.2 Å². The number of benzene rings is 1. The van der Waals surface area contributed by atoms with Crippen molar-refractivity contribution in [1.82, 2.24) is 5.32 Å². The van der Waals surface area contributed by atoms with Crippen LogP contribution in [0.3, 0.4) is 0 Å². The van der Waals surface area contributed by atoms with E-state index in [1.807, 2.05) is 6.92 Å². The molecule has 1 N–H and O–H groups in total. The van der Waals surface area contributed by atoms with Crippen molar-refractivity contribution in [2.45, 2.75) is 38.3 Å². The summed E-state index contributed by atoms with van der Waals surface area (Å²) in [4.78, 5) is 0. The van der Waals surface area contributed by atoms with Crippen LogP contribution in [0.25, 0.3) is 0 Å². The second kappa shape index (κ2) is 5.33. The topological polar surface area (TPSA) is 21.3 Å². The Hall–Kier alpha value is -1.00. The highest BCUT2D eigenvalue weighted by molar-refractivity contribution is 5.24. The number of hydrogen-bond donors (Lipinski definition) is 1. The Bertz CT molecular complexity index is 402. The molecule has 0 saturated carbocycles. The molecule has 0 aliphatic carbocycles. The smallest absolute Gasteiger partial charge is 0.126 e. The van der Waals surface area contributed by atoms with Crippen LogP contribution in [0.1, 0.15) is 32.3 Å². The Labute approximate surface area is 106 Å². The van der Waals surface area contributed by atoms with Crippen LogP contribution in [0.4, 0.5) is 8.78 Å². The Morgan fingerprint density at radius 3 is 2.61 bits per heavy atom. The van der Waals surface area contributed by atoms with Crippen LogP contribution in [-0.2, 0) is 10.3 Å². The van der Waals surface area contributed by atoms with Crippen LogP contribution in [0.15, 0.2) is 18.2 Å². The zero-order valence-electron chi connectivity index (χ0n) is 10.8. The molecule has 0 amide bonds. The Balaban J connectivity index is 2.23. The van der Waals surface area contributed by atoms with Crippen molar-refractivity contribution >= 4 is 0 Å². The third-order valence-corrected chi connectivity index (χ3v) is 3.49. The van der Waals surface area contributed by atoms with Crippen molar-refractivity contribution < 1.29 is 13.5 Å². The maximum absolute atomic E-state index is 13.3. The summed E-state index contributed by atoms with van der Waals surface area (Å²) < 4.78 is 32.3. The van der Waals surface area contributed by atoms with Crippen LogP contribution >= 0.6 is 0 Å². The molecule has 4 heteroatoms. The summed E-state index contributed by atoms with van der Waals surface area (Å²) in [6, 6.07) is 3.94. The molecule has 1 aliphatic rings. The predicted molar refractivity (Wildman–Crippen MR) is 66.4 cm³/mol. The first kappa shape index (κ1) is 13.4. The van der Waals surface area contributed by atoms with Gasteiger partial charge in [0.25, 0.3) is 0 Å². The molecule has 100 valence electrons.